The highest BCUT2D eigenvalue weighted by Crippen LogP contribution is 2.24. The van der Waals surface area contributed by atoms with Gasteiger partial charge in [-0.1, -0.05) is 26.3 Å². The van der Waals surface area contributed by atoms with Gasteiger partial charge < -0.3 is 8.43 Å². The van der Waals surface area contributed by atoms with E-state index in [2.05, 4.69) is 58.3 Å². The molecular weight excluding hydrogens is 299 g/mol. The Balaban J connectivity index is 2.53. The van der Waals surface area contributed by atoms with Crippen molar-refractivity contribution in [1.82, 2.24) is 8.43 Å². The second-order valence-corrected chi connectivity index (χ2v) is 5.77. The predicted octanol–water partition coefficient (Wildman–Crippen LogP) is 3.34. The predicted molar refractivity (Wildman–Crippen MR) is 75.0 cm³/mol. The second-order valence-electron chi connectivity index (χ2n) is 4.33. The van der Waals surface area contributed by atoms with Gasteiger partial charge in [-0.3, -0.25) is 0 Å². The zero-order valence-electron chi connectivity index (χ0n) is 10.1. The molecule has 2 nitrogen and oxygen atoms in total. The normalized spacial score (nSPS) is 27.9. The lowest BCUT2D eigenvalue weighted by molar-refractivity contribution is 0.312. The second kappa shape index (κ2) is 6.74. The summed E-state index contributed by atoms with van der Waals surface area (Å²) in [6.07, 6.45) is 7.44. The summed E-state index contributed by atoms with van der Waals surface area (Å²) < 4.78 is 2.23. The molecule has 0 aromatic rings. The van der Waals surface area contributed by atoms with Gasteiger partial charge in [-0.2, -0.15) is 0 Å². The van der Waals surface area contributed by atoms with Crippen molar-refractivity contribution < 1.29 is 0 Å². The Morgan fingerprint density at radius 2 is 2.20 bits per heavy atom. The molecule has 0 spiro atoms. The van der Waals surface area contributed by atoms with Gasteiger partial charge in [-0.25, -0.2) is 0 Å². The molecule has 0 bridgehead atoms. The van der Waals surface area contributed by atoms with Crippen LogP contribution >= 0.6 is 22.9 Å². The third-order valence-electron chi connectivity index (χ3n) is 3.22. The maximum Gasteiger partial charge on any atom is 0.0586 e. The first-order valence-electron chi connectivity index (χ1n) is 6.01. The Kier molecular flexibility index (Phi) is 5.97. The Morgan fingerprint density at radius 3 is 2.60 bits per heavy atom. The van der Waals surface area contributed by atoms with Crippen LogP contribution in [-0.4, -0.2) is 22.7 Å². The van der Waals surface area contributed by atoms with E-state index in [1.165, 1.54) is 31.5 Å². The molecule has 1 rings (SSSR count). The quantitative estimate of drug-likeness (QED) is 0.631. The van der Waals surface area contributed by atoms with Crippen LogP contribution in [0.25, 0.3) is 0 Å². The summed E-state index contributed by atoms with van der Waals surface area (Å²) in [5.74, 6) is 0.892. The summed E-state index contributed by atoms with van der Waals surface area (Å²) in [7, 11) is 2.13. The molecule has 1 aliphatic rings. The van der Waals surface area contributed by atoms with Gasteiger partial charge in [-0.15, -0.1) is 0 Å². The van der Waals surface area contributed by atoms with Crippen LogP contribution in [0, 0.1) is 5.92 Å². The maximum atomic E-state index is 3.67. The van der Waals surface area contributed by atoms with Gasteiger partial charge in [0.15, 0.2) is 0 Å². The van der Waals surface area contributed by atoms with Crippen molar-refractivity contribution in [1.29, 1.82) is 0 Å². The number of likely N-dealkylation sites (N-methyl/N-ethyl adjacent to an activating group) is 1. The van der Waals surface area contributed by atoms with Crippen LogP contribution in [0.2, 0.25) is 0 Å². The third kappa shape index (κ3) is 3.94. The first kappa shape index (κ1) is 13.3. The fraction of sp³-hybridized carbons (Fsp3) is 0.833. The minimum absolute atomic E-state index is 0.578. The molecule has 0 aromatic carbocycles. The smallest absolute Gasteiger partial charge is 0.0586 e. The van der Waals surface area contributed by atoms with Crippen molar-refractivity contribution in [3.63, 3.8) is 0 Å². The average Bonchev–Trinajstić information content (AvgIpc) is 2.26. The van der Waals surface area contributed by atoms with Crippen molar-refractivity contribution in [3.8, 4) is 0 Å². The van der Waals surface area contributed by atoms with E-state index in [4.69, 9.17) is 0 Å². The number of nitrogens with one attached hydrogen (secondary N) is 1. The molecule has 0 radical (unpaired) electrons. The molecule has 0 aromatic heterocycles. The first-order chi connectivity index (χ1) is 7.19. The van der Waals surface area contributed by atoms with Crippen LogP contribution in [0.15, 0.2) is 11.8 Å². The standard InChI is InChI=1S/C12H23IN2/c1-4-6-12(15(3)13)11-8-7-10(5-2)9-14-11/h6,10-11,14H,4-5,7-9H2,1-3H3/t10?,11-/m0/s1. The monoisotopic (exact) mass is 322 g/mol. The first-order valence-corrected chi connectivity index (χ1v) is 6.98. The van der Waals surface area contributed by atoms with Gasteiger partial charge in [0.1, 0.15) is 0 Å². The number of nitrogens with zero attached hydrogens (tertiary/aromatic N) is 1. The van der Waals surface area contributed by atoms with Gasteiger partial charge in [0, 0.05) is 18.8 Å². The van der Waals surface area contributed by atoms with Crippen LogP contribution in [-0.2, 0) is 0 Å². The van der Waals surface area contributed by atoms with Gasteiger partial charge in [0.05, 0.1) is 22.9 Å². The van der Waals surface area contributed by atoms with Crippen LogP contribution in [0.1, 0.15) is 39.5 Å². The Labute approximate surface area is 108 Å². The topological polar surface area (TPSA) is 15.3 Å². The van der Waals surface area contributed by atoms with Crippen LogP contribution in [0.4, 0.5) is 0 Å². The Morgan fingerprint density at radius 1 is 1.47 bits per heavy atom. The number of halogens is 1. The average molecular weight is 322 g/mol. The summed E-state index contributed by atoms with van der Waals surface area (Å²) in [4.78, 5) is 0. The molecule has 1 fully saturated rings. The highest BCUT2D eigenvalue weighted by Gasteiger charge is 2.23. The lowest BCUT2D eigenvalue weighted by Crippen LogP contribution is -2.42. The molecule has 1 saturated heterocycles. The molecule has 88 valence electrons. The lowest BCUT2D eigenvalue weighted by Gasteiger charge is -2.33. The van der Waals surface area contributed by atoms with E-state index in [9.17, 15) is 0 Å². The van der Waals surface area contributed by atoms with Crippen molar-refractivity contribution in [2.75, 3.05) is 13.6 Å². The molecule has 1 heterocycles. The van der Waals surface area contributed by atoms with E-state index >= 15 is 0 Å². The van der Waals surface area contributed by atoms with Crippen LogP contribution in [0.3, 0.4) is 0 Å². The zero-order valence-corrected chi connectivity index (χ0v) is 12.3. The highest BCUT2D eigenvalue weighted by atomic mass is 127. The van der Waals surface area contributed by atoms with E-state index in [1.807, 2.05) is 0 Å². The van der Waals surface area contributed by atoms with E-state index < -0.39 is 0 Å². The molecule has 0 saturated carbocycles. The lowest BCUT2D eigenvalue weighted by atomic mass is 9.91. The molecule has 15 heavy (non-hydrogen) atoms. The van der Waals surface area contributed by atoms with Crippen molar-refractivity contribution in [2.24, 2.45) is 5.92 Å². The van der Waals surface area contributed by atoms with Gasteiger partial charge in [0.25, 0.3) is 0 Å². The number of hydrogen-bond acceptors (Lipinski definition) is 2. The Hall–Kier alpha value is 0.230. The van der Waals surface area contributed by atoms with E-state index in [0.29, 0.717) is 6.04 Å². The summed E-state index contributed by atoms with van der Waals surface area (Å²) in [6.45, 7) is 5.68. The van der Waals surface area contributed by atoms with E-state index in [1.54, 1.807) is 0 Å². The molecule has 2 atom stereocenters. The van der Waals surface area contributed by atoms with Crippen LogP contribution < -0.4 is 5.32 Å². The third-order valence-corrected chi connectivity index (χ3v) is 3.78. The maximum absolute atomic E-state index is 3.67. The molecular formula is C12H23IN2. The van der Waals surface area contributed by atoms with Crippen molar-refractivity contribution in [2.45, 2.75) is 45.6 Å². The van der Waals surface area contributed by atoms with Gasteiger partial charge >= 0.3 is 0 Å². The van der Waals surface area contributed by atoms with E-state index in [0.717, 1.165) is 12.3 Å². The largest absolute Gasteiger partial charge is 0.320 e. The van der Waals surface area contributed by atoms with Crippen molar-refractivity contribution >= 4 is 22.9 Å². The van der Waals surface area contributed by atoms with Crippen LogP contribution in [0.5, 0.6) is 0 Å². The summed E-state index contributed by atoms with van der Waals surface area (Å²) >= 11 is 2.37. The fourth-order valence-corrected chi connectivity index (χ4v) is 2.74. The zero-order chi connectivity index (χ0) is 11.3. The summed E-state index contributed by atoms with van der Waals surface area (Å²) in [5, 5.41) is 3.67. The minimum atomic E-state index is 0.578. The molecule has 1 unspecified atom stereocenters. The number of hydrogen-bond donors (Lipinski definition) is 1. The SMILES string of the molecule is CCC=C([C@@H]1CCC(CC)CN1)N(C)I. The van der Waals surface area contributed by atoms with Gasteiger partial charge in [-0.05, 0) is 31.7 Å². The summed E-state index contributed by atoms with van der Waals surface area (Å²) in [5.41, 5.74) is 1.45. The van der Waals surface area contributed by atoms with Crippen molar-refractivity contribution in [3.05, 3.63) is 11.8 Å². The highest BCUT2D eigenvalue weighted by molar-refractivity contribution is 14.1. The molecule has 3 heteroatoms. The molecule has 1 aliphatic heterocycles. The number of allylic oxidation sites excluding steroid dienone is 1. The molecule has 0 aliphatic carbocycles. The van der Waals surface area contributed by atoms with Gasteiger partial charge in [0.2, 0.25) is 0 Å². The fourth-order valence-electron chi connectivity index (χ4n) is 2.21. The molecule has 1 N–H and O–H groups in total. The molecule has 0 amide bonds. The number of rotatable bonds is 4. The summed E-state index contributed by atoms with van der Waals surface area (Å²) in [6, 6.07) is 0.578. The number of piperidine rings is 1. The Bertz CT molecular complexity index is 206. The van der Waals surface area contributed by atoms with E-state index in [-0.39, 0.29) is 0 Å². The minimum Gasteiger partial charge on any atom is -0.320 e.